The summed E-state index contributed by atoms with van der Waals surface area (Å²) in [5.41, 5.74) is 1.58. The Morgan fingerprint density at radius 3 is 1.39 bits per heavy atom. The number of hydrogen-bond acceptors (Lipinski definition) is 1. The van der Waals surface area contributed by atoms with Gasteiger partial charge in [-0.2, -0.15) is 8.78 Å². The molecule has 4 rings (SSSR count). The highest BCUT2D eigenvalue weighted by Crippen LogP contribution is 2.42. The second-order valence-electron chi connectivity index (χ2n) is 14.3. The first-order valence-corrected chi connectivity index (χ1v) is 20.4. The van der Waals surface area contributed by atoms with E-state index in [-0.39, 0.29) is 0 Å². The van der Waals surface area contributed by atoms with Crippen LogP contribution in [0.2, 0.25) is 0 Å². The lowest BCUT2D eigenvalue weighted by atomic mass is 9.96. The largest absolute Gasteiger partial charge is 0.301 e. The van der Waals surface area contributed by atoms with Crippen molar-refractivity contribution in [1.82, 2.24) is 4.90 Å². The van der Waals surface area contributed by atoms with Crippen molar-refractivity contribution < 1.29 is 13.2 Å². The quantitative estimate of drug-likeness (QED) is 0.168. The minimum Gasteiger partial charge on any atom is -0.299 e. The maximum atomic E-state index is 11.0. The molecular weight excluding hydrogens is 696 g/mol. The summed E-state index contributed by atoms with van der Waals surface area (Å²) in [7, 11) is 2.03. The Kier molecular flexibility index (Phi) is 50.3. The number of halogens is 3. The van der Waals surface area contributed by atoms with E-state index in [4.69, 9.17) is 0 Å². The van der Waals surface area contributed by atoms with E-state index in [0.717, 1.165) is 74.3 Å². The van der Waals surface area contributed by atoms with Crippen molar-refractivity contribution in [2.24, 2.45) is 41.4 Å². The van der Waals surface area contributed by atoms with Crippen LogP contribution in [0, 0.1) is 41.4 Å². The van der Waals surface area contributed by atoms with E-state index in [1.807, 2.05) is 69.5 Å². The molecule has 0 aromatic heterocycles. The van der Waals surface area contributed by atoms with Gasteiger partial charge in [0.2, 0.25) is 0 Å². The molecule has 56 heavy (non-hydrogen) atoms. The van der Waals surface area contributed by atoms with Crippen molar-refractivity contribution in [3.8, 4) is 0 Å². The molecule has 4 aliphatic rings. The first kappa shape index (κ1) is 61.6. The second kappa shape index (κ2) is 45.8. The Bertz CT molecular complexity index is 1080. The predicted molar refractivity (Wildman–Crippen MR) is 253 cm³/mol. The summed E-state index contributed by atoms with van der Waals surface area (Å²) >= 11 is 0. The third kappa shape index (κ3) is 43.1. The molecule has 0 aliphatic heterocycles. The summed E-state index contributed by atoms with van der Waals surface area (Å²) in [4.78, 5) is 2.12. The molecule has 0 aromatic rings. The molecular formula is C52H86F3N. The average molecular weight is 782 g/mol. The van der Waals surface area contributed by atoms with Gasteiger partial charge >= 0.3 is 6.08 Å². The summed E-state index contributed by atoms with van der Waals surface area (Å²) in [6.45, 7) is 49.5. The standard InChI is InChI=1S/C8H12.C8H10.C8H14.C7H13N.C6H10.C5H10.C4H8.C3H3F3.C3H6/c2*1-6-4-7-2-3-8(6)5-7;2*1-4-6-8(3)7-5-2;1-4-6(3)5-2;1-3-5-4-2;1-3-4-2;1-2(4)3(5)6;1-3-2/h2-3,6-8H,4-5H2,1H3;2-4,7-8H,5H2,1H3;4-5,8H,1-2,6-7H2,3H3;4-5H,1-2,6-7H2,3H3;4-6H,1-2H2,3H3;3H,1,4-5H2,2H3;3H,1,4H2,2H3;1H3;3H,1H2,2H3/t6-,7?,8?;;;;;;;;/m0......../s1. The molecule has 320 valence electrons. The van der Waals surface area contributed by atoms with Crippen LogP contribution in [-0.4, -0.2) is 25.0 Å². The zero-order valence-electron chi connectivity index (χ0n) is 37.6. The van der Waals surface area contributed by atoms with Gasteiger partial charge in [-0.3, -0.25) is 4.90 Å². The number of nitrogens with zero attached hydrogens (tertiary/aromatic N) is 1. The fourth-order valence-electron chi connectivity index (χ4n) is 5.19. The molecule has 0 spiro atoms. The lowest BCUT2D eigenvalue weighted by Crippen LogP contribution is -2.17. The van der Waals surface area contributed by atoms with Crippen LogP contribution in [0.4, 0.5) is 13.2 Å². The monoisotopic (exact) mass is 782 g/mol. The molecule has 0 N–H and O–H groups in total. The van der Waals surface area contributed by atoms with Gasteiger partial charge in [0.15, 0.2) is 5.83 Å². The van der Waals surface area contributed by atoms with Gasteiger partial charge in [0, 0.05) is 13.1 Å². The molecule has 0 amide bonds. The summed E-state index contributed by atoms with van der Waals surface area (Å²) in [6.07, 6.45) is 36.5. The fraction of sp³-hybridized carbons (Fsp3) is 0.500. The van der Waals surface area contributed by atoms with Crippen molar-refractivity contribution in [1.29, 1.82) is 0 Å². The molecule has 4 unspecified atom stereocenters. The van der Waals surface area contributed by atoms with E-state index in [1.54, 1.807) is 11.6 Å². The Labute approximate surface area is 347 Å². The van der Waals surface area contributed by atoms with E-state index >= 15 is 0 Å². The molecule has 5 atom stereocenters. The summed E-state index contributed by atoms with van der Waals surface area (Å²) < 4.78 is 32.3. The SMILES string of the molecule is C=CC.C=CC(C)C=C.C=CCC.C=CCC(C)CC=C.C=CCCC.C=CCN(C)CC=C.CC(F)=C(F)F.CC1=CC2C=CC1C2.C[C@H]1CC2C=CC1C2. The van der Waals surface area contributed by atoms with Gasteiger partial charge in [0.1, 0.15) is 0 Å². The molecule has 0 saturated heterocycles. The Morgan fingerprint density at radius 1 is 0.768 bits per heavy atom. The number of unbranched alkanes of at least 4 members (excludes halogenated alkanes) is 1. The first-order valence-electron chi connectivity index (χ1n) is 20.4. The van der Waals surface area contributed by atoms with E-state index in [2.05, 4.69) is 129 Å². The van der Waals surface area contributed by atoms with Crippen molar-refractivity contribution in [3.63, 3.8) is 0 Å². The van der Waals surface area contributed by atoms with Crippen LogP contribution in [0.1, 0.15) is 107 Å². The molecule has 0 aromatic carbocycles. The number of fused-ring (bicyclic) bond motifs is 4. The van der Waals surface area contributed by atoms with Crippen LogP contribution in [0.5, 0.6) is 0 Å². The zero-order chi connectivity index (χ0) is 44.3. The smallest absolute Gasteiger partial charge is 0.299 e. The first-order chi connectivity index (χ1) is 26.5. The normalized spacial score (nSPS) is 18.8. The van der Waals surface area contributed by atoms with Crippen LogP contribution in [0.3, 0.4) is 0 Å². The Hall–Kier alpha value is -3.63. The van der Waals surface area contributed by atoms with Crippen molar-refractivity contribution in [2.75, 3.05) is 20.1 Å². The highest BCUT2D eigenvalue weighted by atomic mass is 19.3. The number of allylic oxidation sites excluding steroid dienone is 14. The number of rotatable bonds is 13. The number of likely N-dealkylation sites (N-methyl/N-ethyl adjacent to an activating group) is 1. The lowest BCUT2D eigenvalue weighted by molar-refractivity contribution is 0.380. The van der Waals surface area contributed by atoms with Gasteiger partial charge < -0.3 is 0 Å². The van der Waals surface area contributed by atoms with Crippen molar-refractivity contribution in [2.45, 2.75) is 107 Å². The van der Waals surface area contributed by atoms with E-state index in [9.17, 15) is 13.2 Å². The summed E-state index contributed by atoms with van der Waals surface area (Å²) in [5.74, 6) is 4.32. The van der Waals surface area contributed by atoms with Gasteiger partial charge in [0.05, 0.1) is 0 Å². The second-order valence-corrected chi connectivity index (χ2v) is 14.3. The van der Waals surface area contributed by atoms with Crippen LogP contribution < -0.4 is 0 Å². The minimum absolute atomic E-state index is 0.463. The van der Waals surface area contributed by atoms with Crippen molar-refractivity contribution >= 4 is 0 Å². The molecule has 1 fully saturated rings. The average Bonchev–Trinajstić information content (AvgIpc) is 3.98. The van der Waals surface area contributed by atoms with Crippen LogP contribution in [0.25, 0.3) is 0 Å². The van der Waals surface area contributed by atoms with Gasteiger partial charge in [-0.15, -0.1) is 59.2 Å². The molecule has 4 aliphatic carbocycles. The maximum absolute atomic E-state index is 11.0. The molecule has 4 bridgehead atoms. The van der Waals surface area contributed by atoms with E-state index in [0.29, 0.717) is 12.8 Å². The molecule has 0 heterocycles. The number of hydrogen-bond donors (Lipinski definition) is 0. The Balaban J connectivity index is -0.000000177. The summed E-state index contributed by atoms with van der Waals surface area (Å²) in [6, 6.07) is 0. The highest BCUT2D eigenvalue weighted by Gasteiger charge is 2.32. The third-order valence-electron chi connectivity index (χ3n) is 8.59. The molecule has 0 radical (unpaired) electrons. The summed E-state index contributed by atoms with van der Waals surface area (Å²) in [5, 5.41) is 0. The molecule has 1 saturated carbocycles. The van der Waals surface area contributed by atoms with E-state index < -0.39 is 11.9 Å². The zero-order valence-corrected chi connectivity index (χ0v) is 37.6. The third-order valence-corrected chi connectivity index (χ3v) is 8.59. The van der Waals surface area contributed by atoms with E-state index in [1.165, 1.54) is 25.7 Å². The minimum atomic E-state index is -2.24. The van der Waals surface area contributed by atoms with Gasteiger partial charge in [-0.1, -0.05) is 132 Å². The van der Waals surface area contributed by atoms with Crippen LogP contribution >= 0.6 is 0 Å². The topological polar surface area (TPSA) is 3.24 Å². The van der Waals surface area contributed by atoms with Crippen LogP contribution in [-0.2, 0) is 0 Å². The molecule has 4 heteroatoms. The van der Waals surface area contributed by atoms with Gasteiger partial charge in [-0.05, 0) is 114 Å². The Morgan fingerprint density at radius 2 is 1.25 bits per heavy atom. The fourth-order valence-corrected chi connectivity index (χ4v) is 5.19. The van der Waals surface area contributed by atoms with Gasteiger partial charge in [0.25, 0.3) is 0 Å². The maximum Gasteiger partial charge on any atom is 0.301 e. The van der Waals surface area contributed by atoms with Crippen LogP contribution in [0.15, 0.2) is 162 Å². The molecule has 1 nitrogen and oxygen atoms in total. The van der Waals surface area contributed by atoms with Gasteiger partial charge in [-0.25, -0.2) is 4.39 Å². The lowest BCUT2D eigenvalue weighted by Gasteiger charge is -2.09. The van der Waals surface area contributed by atoms with Crippen molar-refractivity contribution in [3.05, 3.63) is 162 Å². The predicted octanol–water partition coefficient (Wildman–Crippen LogP) is 17.2. The highest BCUT2D eigenvalue weighted by molar-refractivity contribution is 5.28.